The summed E-state index contributed by atoms with van der Waals surface area (Å²) >= 11 is 0. The predicted molar refractivity (Wildman–Crippen MR) is 113 cm³/mol. The molecule has 160 valence electrons. The van der Waals surface area contributed by atoms with Crippen LogP contribution in [0.4, 0.5) is 5.69 Å². The largest absolute Gasteiger partial charge is 0.493 e. The molecule has 1 aliphatic rings. The van der Waals surface area contributed by atoms with Gasteiger partial charge in [0.1, 0.15) is 5.75 Å². The van der Waals surface area contributed by atoms with Crippen molar-refractivity contribution in [3.8, 4) is 17.2 Å². The van der Waals surface area contributed by atoms with Gasteiger partial charge in [-0.1, -0.05) is 31.4 Å². The minimum Gasteiger partial charge on any atom is -0.493 e. The van der Waals surface area contributed by atoms with Crippen LogP contribution in [-0.2, 0) is 4.79 Å². The summed E-state index contributed by atoms with van der Waals surface area (Å²) in [4.78, 5) is 23.9. The second kappa shape index (κ2) is 10.0. The third-order valence-corrected chi connectivity index (χ3v) is 5.35. The van der Waals surface area contributed by atoms with Crippen molar-refractivity contribution in [2.24, 2.45) is 0 Å². The van der Waals surface area contributed by atoms with Crippen LogP contribution in [0.2, 0.25) is 0 Å². The number of carbonyl (C=O) groups is 2. The summed E-state index contributed by atoms with van der Waals surface area (Å²) in [6.45, 7) is -0.240. The number of methoxy groups -OCH3 is 2. The highest BCUT2D eigenvalue weighted by Gasteiger charge is 2.18. The molecule has 1 saturated carbocycles. The van der Waals surface area contributed by atoms with Crippen molar-refractivity contribution in [2.45, 2.75) is 38.0 Å². The molecule has 0 atom stereocenters. The van der Waals surface area contributed by atoms with Crippen LogP contribution in [0.25, 0.3) is 0 Å². The smallest absolute Gasteiger partial charge is 0.337 e. The summed E-state index contributed by atoms with van der Waals surface area (Å²) in [5.41, 5.74) is 1.32. The normalized spacial score (nSPS) is 14.1. The average molecular weight is 413 g/mol. The second-order valence-corrected chi connectivity index (χ2v) is 7.30. The number of carboxylic acid groups (broad SMARTS) is 1. The Hall–Kier alpha value is -3.22. The van der Waals surface area contributed by atoms with Gasteiger partial charge in [-0.05, 0) is 36.5 Å². The minimum atomic E-state index is -1.19. The number of nitrogens with one attached hydrogen (secondary N) is 1. The number of anilines is 1. The molecule has 1 aliphatic carbocycles. The number of hydrogen-bond acceptors (Lipinski definition) is 5. The molecule has 7 heteroatoms. The van der Waals surface area contributed by atoms with Crippen molar-refractivity contribution in [3.63, 3.8) is 0 Å². The highest BCUT2D eigenvalue weighted by molar-refractivity contribution is 6.01. The zero-order valence-corrected chi connectivity index (χ0v) is 17.3. The van der Waals surface area contributed by atoms with Gasteiger partial charge in [0.25, 0.3) is 5.91 Å². The molecule has 7 nitrogen and oxygen atoms in total. The van der Waals surface area contributed by atoms with Gasteiger partial charge in [0.05, 0.1) is 25.5 Å². The van der Waals surface area contributed by atoms with Crippen molar-refractivity contribution in [2.75, 3.05) is 26.1 Å². The van der Waals surface area contributed by atoms with Gasteiger partial charge in [-0.3, -0.25) is 4.79 Å². The molecule has 0 aliphatic heterocycles. The van der Waals surface area contributed by atoms with Gasteiger partial charge >= 0.3 is 5.97 Å². The molecule has 2 aromatic rings. The van der Waals surface area contributed by atoms with Crippen LogP contribution in [-0.4, -0.2) is 37.8 Å². The van der Waals surface area contributed by atoms with Gasteiger partial charge in [0.15, 0.2) is 18.1 Å². The molecule has 0 bridgehead atoms. The van der Waals surface area contributed by atoms with Gasteiger partial charge in [-0.15, -0.1) is 0 Å². The first-order chi connectivity index (χ1) is 14.5. The number of carbonyl (C=O) groups excluding carboxylic acids is 1. The summed E-state index contributed by atoms with van der Waals surface area (Å²) in [7, 11) is 2.85. The molecule has 0 heterocycles. The summed E-state index contributed by atoms with van der Waals surface area (Å²) in [5.74, 6) is 0.122. The Bertz CT molecular complexity index is 887. The Morgan fingerprint density at radius 3 is 2.23 bits per heavy atom. The fourth-order valence-electron chi connectivity index (χ4n) is 3.77. The van der Waals surface area contributed by atoms with Crippen LogP contribution in [0.15, 0.2) is 36.4 Å². The van der Waals surface area contributed by atoms with Gasteiger partial charge in [0.2, 0.25) is 0 Å². The van der Waals surface area contributed by atoms with Crippen LogP contribution in [0, 0.1) is 0 Å². The molecule has 2 aromatic carbocycles. The fourth-order valence-corrected chi connectivity index (χ4v) is 3.77. The van der Waals surface area contributed by atoms with Gasteiger partial charge in [-0.25, -0.2) is 4.79 Å². The topological polar surface area (TPSA) is 94.1 Å². The zero-order chi connectivity index (χ0) is 21.5. The number of hydrogen-bond donors (Lipinski definition) is 2. The molecule has 30 heavy (non-hydrogen) atoms. The van der Waals surface area contributed by atoms with E-state index in [1.54, 1.807) is 0 Å². The lowest BCUT2D eigenvalue weighted by atomic mass is 9.84. The first-order valence-corrected chi connectivity index (χ1v) is 10.0. The first-order valence-electron chi connectivity index (χ1n) is 10.0. The number of amides is 1. The van der Waals surface area contributed by atoms with E-state index < -0.39 is 11.9 Å². The van der Waals surface area contributed by atoms with Crippen molar-refractivity contribution in [3.05, 3.63) is 47.5 Å². The lowest BCUT2D eigenvalue weighted by molar-refractivity contribution is -0.118. The molecule has 3 rings (SSSR count). The lowest BCUT2D eigenvalue weighted by Gasteiger charge is -2.22. The average Bonchev–Trinajstić information content (AvgIpc) is 2.78. The third kappa shape index (κ3) is 5.23. The van der Waals surface area contributed by atoms with E-state index in [2.05, 4.69) is 17.4 Å². The van der Waals surface area contributed by atoms with E-state index in [-0.39, 0.29) is 23.6 Å². The van der Waals surface area contributed by atoms with Gasteiger partial charge in [0, 0.05) is 12.1 Å². The molecule has 0 radical (unpaired) electrons. The molecule has 0 aromatic heterocycles. The van der Waals surface area contributed by atoms with E-state index in [1.807, 2.05) is 12.1 Å². The van der Waals surface area contributed by atoms with E-state index in [4.69, 9.17) is 14.2 Å². The maximum absolute atomic E-state index is 12.3. The van der Waals surface area contributed by atoms with Crippen LogP contribution in [0.1, 0.15) is 53.9 Å². The molecule has 1 amide bonds. The van der Waals surface area contributed by atoms with Crippen LogP contribution in [0.5, 0.6) is 17.2 Å². The van der Waals surface area contributed by atoms with Crippen LogP contribution < -0.4 is 19.5 Å². The standard InChI is InChI=1S/C23H27NO6/c1-28-20-12-18(23(26)27)19(13-21(20)29-2)24-22(25)14-30-17-10-8-16(9-11-17)15-6-4-3-5-7-15/h8-13,15H,3-7,14H2,1-2H3,(H,24,25)(H,26,27). The fraction of sp³-hybridized carbons (Fsp3) is 0.391. The number of ether oxygens (including phenoxy) is 3. The lowest BCUT2D eigenvalue weighted by Crippen LogP contribution is -2.21. The molecular formula is C23H27NO6. The molecule has 1 fully saturated rings. The Morgan fingerprint density at radius 2 is 1.63 bits per heavy atom. The Morgan fingerprint density at radius 1 is 1.00 bits per heavy atom. The van der Waals surface area contributed by atoms with E-state index in [1.165, 1.54) is 64.0 Å². The number of carboxylic acids is 1. The molecule has 2 N–H and O–H groups in total. The summed E-state index contributed by atoms with van der Waals surface area (Å²) in [5, 5.41) is 12.0. The SMILES string of the molecule is COc1cc(NC(=O)COc2ccc(C3CCCCC3)cc2)c(C(=O)O)cc1OC. The molecule has 0 saturated heterocycles. The van der Waals surface area contributed by atoms with Crippen LogP contribution in [0.3, 0.4) is 0 Å². The summed E-state index contributed by atoms with van der Waals surface area (Å²) in [6.07, 6.45) is 6.31. The monoisotopic (exact) mass is 413 g/mol. The van der Waals surface area contributed by atoms with E-state index in [9.17, 15) is 14.7 Å². The van der Waals surface area contributed by atoms with Crippen molar-refractivity contribution in [1.29, 1.82) is 0 Å². The van der Waals surface area contributed by atoms with E-state index in [0.717, 1.165) is 0 Å². The Balaban J connectivity index is 1.62. The summed E-state index contributed by atoms with van der Waals surface area (Å²) < 4.78 is 15.9. The molecular weight excluding hydrogens is 386 g/mol. The van der Waals surface area contributed by atoms with Gasteiger partial charge in [-0.2, -0.15) is 0 Å². The van der Waals surface area contributed by atoms with Gasteiger partial charge < -0.3 is 24.6 Å². The van der Waals surface area contributed by atoms with Crippen molar-refractivity contribution < 1.29 is 28.9 Å². The molecule has 0 spiro atoms. The first kappa shape index (κ1) is 21.5. The zero-order valence-electron chi connectivity index (χ0n) is 17.3. The highest BCUT2D eigenvalue weighted by Crippen LogP contribution is 2.34. The van der Waals surface area contributed by atoms with Crippen molar-refractivity contribution in [1.82, 2.24) is 0 Å². The minimum absolute atomic E-state index is 0.0992. The highest BCUT2D eigenvalue weighted by atomic mass is 16.5. The predicted octanol–water partition coefficient (Wildman–Crippen LogP) is 4.47. The molecule has 0 unspecified atom stereocenters. The van der Waals surface area contributed by atoms with Crippen LogP contribution >= 0.6 is 0 Å². The van der Waals surface area contributed by atoms with E-state index >= 15 is 0 Å². The quantitative estimate of drug-likeness (QED) is 0.663. The second-order valence-electron chi connectivity index (χ2n) is 7.30. The third-order valence-electron chi connectivity index (χ3n) is 5.35. The summed E-state index contributed by atoms with van der Waals surface area (Å²) in [6, 6.07) is 10.6. The van der Waals surface area contributed by atoms with E-state index in [0.29, 0.717) is 17.4 Å². The van der Waals surface area contributed by atoms with Crippen molar-refractivity contribution >= 4 is 17.6 Å². The maximum Gasteiger partial charge on any atom is 0.337 e. The number of aromatic carboxylic acids is 1. The number of rotatable bonds is 8. The maximum atomic E-state index is 12.3. The number of benzene rings is 2. The Labute approximate surface area is 176 Å². The Kier molecular flexibility index (Phi) is 7.17.